The summed E-state index contributed by atoms with van der Waals surface area (Å²) in [5.74, 6) is -1.61. The van der Waals surface area contributed by atoms with Gasteiger partial charge in [-0.15, -0.1) is 0 Å². The summed E-state index contributed by atoms with van der Waals surface area (Å²) in [6, 6.07) is 6.02. The largest absolute Gasteiger partial charge is 0.439 e. The van der Waals surface area contributed by atoms with Crippen LogP contribution in [0.25, 0.3) is 0 Å². The molecule has 0 aliphatic carbocycles. The van der Waals surface area contributed by atoms with Crippen LogP contribution in [0.4, 0.5) is 8.78 Å². The van der Waals surface area contributed by atoms with Gasteiger partial charge in [-0.3, -0.25) is 4.79 Å². The van der Waals surface area contributed by atoms with E-state index in [0.29, 0.717) is 17.9 Å². The average molecular weight is 349 g/mol. The molecule has 0 aliphatic heterocycles. The van der Waals surface area contributed by atoms with Gasteiger partial charge in [0.15, 0.2) is 11.6 Å². The monoisotopic (exact) mass is 349 g/mol. The molecule has 0 radical (unpaired) electrons. The lowest BCUT2D eigenvalue weighted by Crippen LogP contribution is -2.41. The molecule has 1 heterocycles. The highest BCUT2D eigenvalue weighted by molar-refractivity contribution is 5.81. The van der Waals surface area contributed by atoms with Gasteiger partial charge in [-0.2, -0.15) is 0 Å². The predicted molar refractivity (Wildman–Crippen MR) is 89.9 cm³/mol. The molecule has 0 saturated heterocycles. The van der Waals surface area contributed by atoms with Crippen molar-refractivity contribution >= 4 is 5.91 Å². The summed E-state index contributed by atoms with van der Waals surface area (Å²) in [5, 5.41) is 2.73. The molecule has 0 fully saturated rings. The Labute approximate surface area is 145 Å². The highest BCUT2D eigenvalue weighted by atomic mass is 19.2. The van der Waals surface area contributed by atoms with Crippen molar-refractivity contribution in [3.63, 3.8) is 0 Å². The van der Waals surface area contributed by atoms with E-state index in [1.807, 2.05) is 13.8 Å². The SMILES string of the molecule is CC(C)C[C@@H](N)C(=O)NCc1cccnc1Oc1ccc(F)c(F)c1. The van der Waals surface area contributed by atoms with Crippen molar-refractivity contribution in [2.75, 3.05) is 0 Å². The van der Waals surface area contributed by atoms with Crippen molar-refractivity contribution in [3.05, 3.63) is 53.7 Å². The molecule has 5 nitrogen and oxygen atoms in total. The number of nitrogens with two attached hydrogens (primary N) is 1. The zero-order valence-electron chi connectivity index (χ0n) is 14.1. The van der Waals surface area contributed by atoms with E-state index in [2.05, 4.69) is 10.3 Å². The Hall–Kier alpha value is -2.54. The summed E-state index contributed by atoms with van der Waals surface area (Å²) < 4.78 is 31.8. The molecule has 2 aromatic rings. The number of hydrogen-bond donors (Lipinski definition) is 2. The summed E-state index contributed by atoms with van der Waals surface area (Å²) in [7, 11) is 0. The van der Waals surface area contributed by atoms with Crippen LogP contribution in [0, 0.1) is 17.6 Å². The van der Waals surface area contributed by atoms with Gasteiger partial charge in [0.1, 0.15) is 5.75 Å². The number of carbonyl (C=O) groups excluding carboxylic acids is 1. The Kier molecular flexibility index (Phi) is 6.41. The van der Waals surface area contributed by atoms with Gasteiger partial charge < -0.3 is 15.8 Å². The molecule has 0 saturated carbocycles. The zero-order chi connectivity index (χ0) is 18.4. The highest BCUT2D eigenvalue weighted by Crippen LogP contribution is 2.24. The normalized spacial score (nSPS) is 12.1. The van der Waals surface area contributed by atoms with Crippen LogP contribution in [0.3, 0.4) is 0 Å². The Balaban J connectivity index is 2.05. The minimum absolute atomic E-state index is 0.113. The van der Waals surface area contributed by atoms with E-state index in [4.69, 9.17) is 10.5 Å². The van der Waals surface area contributed by atoms with E-state index in [0.717, 1.165) is 12.1 Å². The fraction of sp³-hybridized carbons (Fsp3) is 0.333. The quantitative estimate of drug-likeness (QED) is 0.805. The molecule has 2 rings (SSSR count). The molecule has 25 heavy (non-hydrogen) atoms. The van der Waals surface area contributed by atoms with E-state index in [-0.39, 0.29) is 24.1 Å². The molecule has 1 amide bonds. The third-order valence-corrected chi connectivity index (χ3v) is 3.47. The van der Waals surface area contributed by atoms with Crippen molar-refractivity contribution in [2.24, 2.45) is 11.7 Å². The van der Waals surface area contributed by atoms with E-state index < -0.39 is 17.7 Å². The molecule has 0 unspecified atom stereocenters. The molecule has 134 valence electrons. The Morgan fingerprint density at radius 3 is 2.72 bits per heavy atom. The Morgan fingerprint density at radius 1 is 1.28 bits per heavy atom. The zero-order valence-corrected chi connectivity index (χ0v) is 14.1. The number of nitrogens with one attached hydrogen (secondary N) is 1. The van der Waals surface area contributed by atoms with Crippen molar-refractivity contribution < 1.29 is 18.3 Å². The summed E-state index contributed by atoms with van der Waals surface area (Å²) >= 11 is 0. The molecule has 0 aliphatic rings. The van der Waals surface area contributed by atoms with E-state index in [1.165, 1.54) is 12.3 Å². The number of aromatic nitrogens is 1. The molecule has 1 aromatic heterocycles. The van der Waals surface area contributed by atoms with Crippen molar-refractivity contribution in [2.45, 2.75) is 32.9 Å². The van der Waals surface area contributed by atoms with Crippen LogP contribution in [0.2, 0.25) is 0 Å². The summed E-state index contributed by atoms with van der Waals surface area (Å²) in [6.07, 6.45) is 2.09. The first kappa shape index (κ1) is 18.8. The first-order chi connectivity index (χ1) is 11.9. The fourth-order valence-corrected chi connectivity index (χ4v) is 2.23. The van der Waals surface area contributed by atoms with Crippen molar-refractivity contribution in [1.82, 2.24) is 10.3 Å². The minimum atomic E-state index is -1.01. The van der Waals surface area contributed by atoms with Crippen LogP contribution in [0.15, 0.2) is 36.5 Å². The second-order valence-electron chi connectivity index (χ2n) is 6.10. The van der Waals surface area contributed by atoms with E-state index in [9.17, 15) is 13.6 Å². The summed E-state index contributed by atoms with van der Waals surface area (Å²) in [5.41, 5.74) is 6.43. The maximum Gasteiger partial charge on any atom is 0.237 e. The van der Waals surface area contributed by atoms with Gasteiger partial charge in [0.2, 0.25) is 11.8 Å². The minimum Gasteiger partial charge on any atom is -0.439 e. The van der Waals surface area contributed by atoms with Gasteiger partial charge in [-0.1, -0.05) is 19.9 Å². The maximum absolute atomic E-state index is 13.3. The molecule has 0 spiro atoms. The number of nitrogens with zero attached hydrogens (tertiary/aromatic N) is 1. The summed E-state index contributed by atoms with van der Waals surface area (Å²) in [6.45, 7) is 4.14. The lowest BCUT2D eigenvalue weighted by Gasteiger charge is -2.15. The van der Waals surface area contributed by atoms with Crippen LogP contribution in [0.1, 0.15) is 25.8 Å². The lowest BCUT2D eigenvalue weighted by atomic mass is 10.0. The van der Waals surface area contributed by atoms with Crippen LogP contribution < -0.4 is 15.8 Å². The number of carbonyl (C=O) groups is 1. The average Bonchev–Trinajstić information content (AvgIpc) is 2.56. The predicted octanol–water partition coefficient (Wildman–Crippen LogP) is 3.14. The number of rotatable bonds is 7. The highest BCUT2D eigenvalue weighted by Gasteiger charge is 2.16. The van der Waals surface area contributed by atoms with Crippen LogP contribution in [0.5, 0.6) is 11.6 Å². The van der Waals surface area contributed by atoms with Crippen LogP contribution in [-0.2, 0) is 11.3 Å². The first-order valence-electron chi connectivity index (χ1n) is 7.97. The second kappa shape index (κ2) is 8.53. The first-order valence-corrected chi connectivity index (χ1v) is 7.97. The number of benzene rings is 1. The van der Waals surface area contributed by atoms with Gasteiger partial charge in [0.25, 0.3) is 0 Å². The van der Waals surface area contributed by atoms with Gasteiger partial charge >= 0.3 is 0 Å². The third-order valence-electron chi connectivity index (χ3n) is 3.47. The lowest BCUT2D eigenvalue weighted by molar-refractivity contribution is -0.122. The van der Waals surface area contributed by atoms with E-state index in [1.54, 1.807) is 12.1 Å². The van der Waals surface area contributed by atoms with Crippen molar-refractivity contribution in [1.29, 1.82) is 0 Å². The number of pyridine rings is 1. The Morgan fingerprint density at radius 2 is 2.04 bits per heavy atom. The van der Waals surface area contributed by atoms with Gasteiger partial charge in [-0.25, -0.2) is 13.8 Å². The van der Waals surface area contributed by atoms with Crippen LogP contribution >= 0.6 is 0 Å². The van der Waals surface area contributed by atoms with Crippen LogP contribution in [-0.4, -0.2) is 16.9 Å². The molecular weight excluding hydrogens is 328 g/mol. The van der Waals surface area contributed by atoms with Crippen molar-refractivity contribution in [3.8, 4) is 11.6 Å². The second-order valence-corrected chi connectivity index (χ2v) is 6.10. The Bertz CT molecular complexity index is 738. The number of halogens is 2. The summed E-state index contributed by atoms with van der Waals surface area (Å²) in [4.78, 5) is 16.1. The molecule has 1 atom stereocenters. The van der Waals surface area contributed by atoms with Gasteiger partial charge in [0, 0.05) is 24.4 Å². The van der Waals surface area contributed by atoms with Gasteiger partial charge in [0.05, 0.1) is 6.04 Å². The fourth-order valence-electron chi connectivity index (χ4n) is 2.23. The number of ether oxygens (including phenoxy) is 1. The molecule has 0 bridgehead atoms. The third kappa shape index (κ3) is 5.49. The standard InChI is InChI=1S/C18H21F2N3O2/c1-11(2)8-16(21)17(24)23-10-12-4-3-7-22-18(12)25-13-5-6-14(19)15(20)9-13/h3-7,9,11,16H,8,10,21H2,1-2H3,(H,23,24)/t16-/m1/s1. The van der Waals surface area contributed by atoms with Gasteiger partial charge in [-0.05, 0) is 30.5 Å². The molecule has 3 N–H and O–H groups in total. The number of amides is 1. The molecular formula is C18H21F2N3O2. The molecule has 7 heteroatoms. The maximum atomic E-state index is 13.3. The van der Waals surface area contributed by atoms with E-state index >= 15 is 0 Å². The smallest absolute Gasteiger partial charge is 0.237 e. The number of hydrogen-bond acceptors (Lipinski definition) is 4. The molecule has 1 aromatic carbocycles. The topological polar surface area (TPSA) is 77.2 Å².